The quantitative estimate of drug-likeness (QED) is 0.873. The first-order chi connectivity index (χ1) is 9.17. The van der Waals surface area contributed by atoms with E-state index in [1.165, 1.54) is 16.1 Å². The van der Waals surface area contributed by atoms with Gasteiger partial charge in [0.05, 0.1) is 12.2 Å². The Morgan fingerprint density at radius 3 is 2.84 bits per heavy atom. The van der Waals surface area contributed by atoms with Crippen LogP contribution in [0.2, 0.25) is 0 Å². The van der Waals surface area contributed by atoms with E-state index in [1.54, 1.807) is 11.3 Å². The van der Waals surface area contributed by atoms with Crippen molar-refractivity contribution in [2.75, 3.05) is 6.61 Å². The van der Waals surface area contributed by atoms with Gasteiger partial charge in [-0.1, -0.05) is 18.8 Å². The number of nitrogens with zero attached hydrogens (tertiary/aromatic N) is 2. The number of aromatic nitrogens is 2. The molecular formula is C15H18N2OS. The summed E-state index contributed by atoms with van der Waals surface area (Å²) >= 11 is 1.68. The van der Waals surface area contributed by atoms with E-state index < -0.39 is 0 Å². The molecule has 0 saturated carbocycles. The van der Waals surface area contributed by atoms with Crippen LogP contribution in [0.15, 0.2) is 11.4 Å². The minimum Gasteiger partial charge on any atom is -0.384 e. The third-order valence-corrected chi connectivity index (χ3v) is 4.13. The van der Waals surface area contributed by atoms with E-state index in [-0.39, 0.29) is 6.61 Å². The molecule has 1 N–H and O–H groups in total. The third-order valence-electron chi connectivity index (χ3n) is 3.23. The summed E-state index contributed by atoms with van der Waals surface area (Å²) in [5.41, 5.74) is 4.67. The van der Waals surface area contributed by atoms with Crippen molar-refractivity contribution in [2.24, 2.45) is 0 Å². The molecule has 0 atom stereocenters. The van der Waals surface area contributed by atoms with Crippen molar-refractivity contribution in [2.45, 2.75) is 33.7 Å². The van der Waals surface area contributed by atoms with E-state index in [2.05, 4.69) is 37.7 Å². The molecule has 0 fully saturated rings. The van der Waals surface area contributed by atoms with Crippen molar-refractivity contribution in [1.82, 2.24) is 9.78 Å². The largest absolute Gasteiger partial charge is 0.384 e. The fourth-order valence-corrected chi connectivity index (χ4v) is 3.06. The van der Waals surface area contributed by atoms with Gasteiger partial charge in [-0.15, -0.1) is 11.3 Å². The zero-order valence-electron chi connectivity index (χ0n) is 11.5. The molecule has 19 heavy (non-hydrogen) atoms. The molecule has 0 spiro atoms. The fourth-order valence-electron chi connectivity index (χ4n) is 2.24. The molecule has 2 aromatic rings. The summed E-state index contributed by atoms with van der Waals surface area (Å²) in [6.45, 7) is 6.98. The van der Waals surface area contributed by atoms with Gasteiger partial charge < -0.3 is 5.11 Å². The van der Waals surface area contributed by atoms with Crippen molar-refractivity contribution in [1.29, 1.82) is 0 Å². The highest BCUT2D eigenvalue weighted by Gasteiger charge is 2.11. The summed E-state index contributed by atoms with van der Waals surface area (Å²) in [6, 6.07) is 2.00. The minimum atomic E-state index is -0.102. The predicted molar refractivity (Wildman–Crippen MR) is 78.5 cm³/mol. The Bertz CT molecular complexity index is 628. The van der Waals surface area contributed by atoms with E-state index in [0.29, 0.717) is 0 Å². The molecule has 100 valence electrons. The number of aliphatic hydroxyl groups excluding tert-OH is 1. The van der Waals surface area contributed by atoms with Crippen molar-refractivity contribution >= 4 is 11.3 Å². The lowest BCUT2D eigenvalue weighted by atomic mass is 10.1. The summed E-state index contributed by atoms with van der Waals surface area (Å²) in [7, 11) is 0. The summed E-state index contributed by atoms with van der Waals surface area (Å²) in [4.78, 5) is 1.19. The van der Waals surface area contributed by atoms with Gasteiger partial charge in [-0.05, 0) is 37.3 Å². The molecule has 0 unspecified atom stereocenters. The standard InChI is InChI=1S/C15H18N2OS/c1-4-14-11(2)16-17(12(14)3)10-15-13(6-5-8-18)7-9-19-15/h7,9,18H,4,8,10H2,1-3H3. The van der Waals surface area contributed by atoms with E-state index >= 15 is 0 Å². The number of hydrogen-bond donors (Lipinski definition) is 1. The fraction of sp³-hybridized carbons (Fsp3) is 0.400. The molecule has 0 aliphatic rings. The third kappa shape index (κ3) is 2.89. The maximum absolute atomic E-state index is 8.77. The van der Waals surface area contributed by atoms with Crippen LogP contribution in [0, 0.1) is 25.7 Å². The van der Waals surface area contributed by atoms with Gasteiger partial charge in [-0.2, -0.15) is 5.10 Å². The molecule has 0 aromatic carbocycles. The first-order valence-corrected chi connectivity index (χ1v) is 7.24. The molecule has 4 heteroatoms. The molecule has 2 rings (SSSR count). The molecular weight excluding hydrogens is 256 g/mol. The van der Waals surface area contributed by atoms with Gasteiger partial charge in [0.1, 0.15) is 6.61 Å². The molecule has 0 amide bonds. The van der Waals surface area contributed by atoms with Gasteiger partial charge in [0.25, 0.3) is 0 Å². The lowest BCUT2D eigenvalue weighted by molar-refractivity contribution is 0.350. The number of aryl methyl sites for hydroxylation is 1. The Balaban J connectivity index is 2.29. The molecule has 3 nitrogen and oxygen atoms in total. The van der Waals surface area contributed by atoms with Crippen LogP contribution in [0.3, 0.4) is 0 Å². The van der Waals surface area contributed by atoms with Crippen molar-refractivity contribution in [3.63, 3.8) is 0 Å². The number of aliphatic hydroxyl groups is 1. The molecule has 0 saturated heterocycles. The van der Waals surface area contributed by atoms with Gasteiger partial charge in [-0.3, -0.25) is 4.68 Å². The van der Waals surface area contributed by atoms with Gasteiger partial charge in [0.2, 0.25) is 0 Å². The van der Waals surface area contributed by atoms with Gasteiger partial charge in [-0.25, -0.2) is 0 Å². The lowest BCUT2D eigenvalue weighted by Gasteiger charge is -2.04. The van der Waals surface area contributed by atoms with E-state index in [1.807, 2.05) is 16.1 Å². The van der Waals surface area contributed by atoms with Gasteiger partial charge in [0.15, 0.2) is 0 Å². The van der Waals surface area contributed by atoms with Crippen LogP contribution in [0.1, 0.15) is 34.3 Å². The van der Waals surface area contributed by atoms with Crippen molar-refractivity contribution < 1.29 is 5.11 Å². The van der Waals surface area contributed by atoms with Crippen LogP contribution in [0.5, 0.6) is 0 Å². The second kappa shape index (κ2) is 6.05. The van der Waals surface area contributed by atoms with Crippen LogP contribution in [-0.4, -0.2) is 21.5 Å². The molecule has 0 bridgehead atoms. The highest BCUT2D eigenvalue weighted by molar-refractivity contribution is 7.10. The first kappa shape index (κ1) is 13.9. The first-order valence-electron chi connectivity index (χ1n) is 6.36. The summed E-state index contributed by atoms with van der Waals surface area (Å²) in [5, 5.41) is 15.4. The SMILES string of the molecule is CCc1c(C)nn(Cc2sccc2C#CCO)c1C. The molecule has 2 heterocycles. The van der Waals surface area contributed by atoms with Crippen molar-refractivity contribution in [3.8, 4) is 11.8 Å². The molecule has 0 aliphatic heterocycles. The Morgan fingerprint density at radius 1 is 1.42 bits per heavy atom. The Labute approximate surface area is 117 Å². The zero-order chi connectivity index (χ0) is 13.8. The number of thiophene rings is 1. The van der Waals surface area contributed by atoms with Crippen LogP contribution in [-0.2, 0) is 13.0 Å². The zero-order valence-corrected chi connectivity index (χ0v) is 12.3. The van der Waals surface area contributed by atoms with E-state index in [9.17, 15) is 0 Å². The maximum atomic E-state index is 8.77. The van der Waals surface area contributed by atoms with E-state index in [0.717, 1.165) is 24.2 Å². The van der Waals surface area contributed by atoms with Crippen LogP contribution >= 0.6 is 11.3 Å². The average Bonchev–Trinajstić information content (AvgIpc) is 2.93. The average molecular weight is 274 g/mol. The number of rotatable bonds is 3. The second-order valence-corrected chi connectivity index (χ2v) is 5.38. The number of hydrogen-bond acceptors (Lipinski definition) is 3. The normalized spacial score (nSPS) is 10.3. The maximum Gasteiger partial charge on any atom is 0.104 e. The molecule has 2 aromatic heterocycles. The summed E-state index contributed by atoms with van der Waals surface area (Å²) in [6.07, 6.45) is 1.01. The Morgan fingerprint density at radius 2 is 2.21 bits per heavy atom. The Kier molecular flexibility index (Phi) is 4.41. The van der Waals surface area contributed by atoms with Crippen LogP contribution in [0.4, 0.5) is 0 Å². The molecule has 0 radical (unpaired) electrons. The van der Waals surface area contributed by atoms with E-state index in [4.69, 9.17) is 5.11 Å². The summed E-state index contributed by atoms with van der Waals surface area (Å²) in [5.74, 6) is 5.69. The van der Waals surface area contributed by atoms with Crippen molar-refractivity contribution in [3.05, 3.63) is 38.8 Å². The summed E-state index contributed by atoms with van der Waals surface area (Å²) < 4.78 is 2.05. The predicted octanol–water partition coefficient (Wildman–Crippen LogP) is 2.52. The lowest BCUT2D eigenvalue weighted by Crippen LogP contribution is -2.04. The molecule has 0 aliphatic carbocycles. The van der Waals surface area contributed by atoms with Crippen LogP contribution in [0.25, 0.3) is 0 Å². The van der Waals surface area contributed by atoms with Gasteiger partial charge in [0, 0.05) is 16.1 Å². The topological polar surface area (TPSA) is 38.0 Å². The highest BCUT2D eigenvalue weighted by Crippen LogP contribution is 2.20. The monoisotopic (exact) mass is 274 g/mol. The smallest absolute Gasteiger partial charge is 0.104 e. The van der Waals surface area contributed by atoms with Crippen LogP contribution < -0.4 is 0 Å². The minimum absolute atomic E-state index is 0.102. The van der Waals surface area contributed by atoms with Gasteiger partial charge >= 0.3 is 0 Å². The Hall–Kier alpha value is -1.57. The highest BCUT2D eigenvalue weighted by atomic mass is 32.1. The second-order valence-electron chi connectivity index (χ2n) is 4.38.